The maximum Gasteiger partial charge on any atom is 0.416 e. The molecule has 0 saturated carbocycles. The molecule has 0 spiro atoms. The zero-order valence-electron chi connectivity index (χ0n) is 22.6. The second-order valence-corrected chi connectivity index (χ2v) is 10.3. The highest BCUT2D eigenvalue weighted by Crippen LogP contribution is 2.42. The Morgan fingerprint density at radius 2 is 1.52 bits per heavy atom. The molecule has 5 nitrogen and oxygen atoms in total. The third kappa shape index (κ3) is 7.13. The molecule has 1 aliphatic rings. The lowest BCUT2D eigenvalue weighted by molar-refractivity contribution is -0.143. The van der Waals surface area contributed by atoms with Crippen molar-refractivity contribution in [3.05, 3.63) is 107 Å². The van der Waals surface area contributed by atoms with Gasteiger partial charge in [-0.25, -0.2) is 4.79 Å². The van der Waals surface area contributed by atoms with E-state index >= 15 is 0 Å². The maximum absolute atomic E-state index is 13.5. The summed E-state index contributed by atoms with van der Waals surface area (Å²) in [5, 5.41) is 0. The third-order valence-corrected chi connectivity index (χ3v) is 7.44. The van der Waals surface area contributed by atoms with Crippen molar-refractivity contribution in [2.24, 2.45) is 5.92 Å². The number of hydrogen-bond acceptors (Lipinski definition) is 4. The van der Waals surface area contributed by atoms with E-state index < -0.39 is 47.1 Å². The van der Waals surface area contributed by atoms with Gasteiger partial charge in [0.2, 0.25) is 0 Å². The van der Waals surface area contributed by atoms with E-state index in [9.17, 15) is 35.9 Å². The van der Waals surface area contributed by atoms with E-state index in [0.717, 1.165) is 11.8 Å². The van der Waals surface area contributed by atoms with E-state index in [4.69, 9.17) is 9.47 Å². The molecule has 42 heavy (non-hydrogen) atoms. The third-order valence-electron chi connectivity index (χ3n) is 7.44. The molecule has 3 aromatic rings. The van der Waals surface area contributed by atoms with Crippen LogP contribution in [0, 0.1) is 5.92 Å². The van der Waals surface area contributed by atoms with Gasteiger partial charge in [0, 0.05) is 12.5 Å². The van der Waals surface area contributed by atoms with Crippen molar-refractivity contribution in [3.8, 4) is 0 Å². The number of likely N-dealkylation sites (tertiary alicyclic amines) is 1. The zero-order chi connectivity index (χ0) is 30.5. The van der Waals surface area contributed by atoms with Crippen molar-refractivity contribution < 1.29 is 45.4 Å². The van der Waals surface area contributed by atoms with Crippen LogP contribution in [0.5, 0.6) is 0 Å². The number of nitrogens with zero attached hydrogens (tertiary/aromatic N) is 1. The number of carbonyl (C=O) groups excluding carboxylic acids is 2. The average molecular weight is 594 g/mol. The van der Waals surface area contributed by atoms with Gasteiger partial charge in [-0.3, -0.25) is 4.90 Å². The highest BCUT2D eigenvalue weighted by Gasteiger charge is 2.47. The number of ether oxygens (including phenoxy) is 2. The number of halogens is 6. The Bertz CT molecular complexity index is 1330. The number of benzene rings is 3. The molecule has 11 heteroatoms. The molecular weight excluding hydrogens is 564 g/mol. The highest BCUT2D eigenvalue weighted by molar-refractivity contribution is 5.71. The first-order chi connectivity index (χ1) is 19.8. The first-order valence-corrected chi connectivity index (χ1v) is 13.2. The second kappa shape index (κ2) is 12.6. The van der Waals surface area contributed by atoms with Gasteiger partial charge in [-0.1, -0.05) is 60.7 Å². The Morgan fingerprint density at radius 3 is 2.07 bits per heavy atom. The molecule has 224 valence electrons. The lowest BCUT2D eigenvalue weighted by atomic mass is 9.78. The predicted octanol–water partition coefficient (Wildman–Crippen LogP) is 7.95. The molecule has 1 heterocycles. The van der Waals surface area contributed by atoms with E-state index in [1.54, 1.807) is 54.6 Å². The minimum atomic E-state index is -5.01. The van der Waals surface area contributed by atoms with E-state index in [1.807, 2.05) is 6.07 Å². The Hall–Kier alpha value is -3.86. The molecule has 1 saturated heterocycles. The van der Waals surface area contributed by atoms with Gasteiger partial charge in [-0.2, -0.15) is 26.3 Å². The lowest BCUT2D eigenvalue weighted by Gasteiger charge is -2.48. The monoisotopic (exact) mass is 593 g/mol. The van der Waals surface area contributed by atoms with Crippen molar-refractivity contribution in [2.45, 2.75) is 50.4 Å². The highest BCUT2D eigenvalue weighted by atomic mass is 19.4. The number of rotatable bonds is 8. The summed E-state index contributed by atoms with van der Waals surface area (Å²) in [5.41, 5.74) is -3.07. The van der Waals surface area contributed by atoms with Gasteiger partial charge in [0.05, 0.1) is 29.4 Å². The minimum absolute atomic E-state index is 0.00839. The van der Waals surface area contributed by atoms with Crippen LogP contribution in [0.2, 0.25) is 0 Å². The summed E-state index contributed by atoms with van der Waals surface area (Å²) in [4.78, 5) is 26.6. The van der Waals surface area contributed by atoms with E-state index in [0.29, 0.717) is 24.1 Å². The fourth-order valence-electron chi connectivity index (χ4n) is 5.07. The van der Waals surface area contributed by atoms with Crippen molar-refractivity contribution in [2.75, 3.05) is 13.2 Å². The minimum Gasteiger partial charge on any atom is -0.445 e. The van der Waals surface area contributed by atoms with Crippen LogP contribution in [0.4, 0.5) is 31.1 Å². The van der Waals surface area contributed by atoms with Crippen LogP contribution >= 0.6 is 0 Å². The molecule has 0 N–H and O–H groups in total. The Kier molecular flexibility index (Phi) is 9.30. The van der Waals surface area contributed by atoms with E-state index in [1.165, 1.54) is 11.8 Å². The van der Waals surface area contributed by atoms with Crippen LogP contribution in [0.3, 0.4) is 0 Å². The molecule has 0 bridgehead atoms. The number of aldehydes is 1. The van der Waals surface area contributed by atoms with Crippen LogP contribution in [0.25, 0.3) is 0 Å². The van der Waals surface area contributed by atoms with Crippen molar-refractivity contribution >= 4 is 12.4 Å². The maximum atomic E-state index is 13.5. The Balaban J connectivity index is 1.67. The van der Waals surface area contributed by atoms with Gasteiger partial charge >= 0.3 is 18.4 Å². The fourth-order valence-corrected chi connectivity index (χ4v) is 5.07. The van der Waals surface area contributed by atoms with E-state index in [-0.39, 0.29) is 37.8 Å². The molecule has 3 aromatic carbocycles. The molecule has 0 aromatic heterocycles. The summed E-state index contributed by atoms with van der Waals surface area (Å²) in [7, 11) is 0. The topological polar surface area (TPSA) is 55.8 Å². The van der Waals surface area contributed by atoms with Crippen LogP contribution in [0.1, 0.15) is 53.7 Å². The van der Waals surface area contributed by atoms with E-state index in [2.05, 4.69) is 0 Å². The van der Waals surface area contributed by atoms with Crippen molar-refractivity contribution in [3.63, 3.8) is 0 Å². The molecule has 3 atom stereocenters. The van der Waals surface area contributed by atoms with Gasteiger partial charge in [0.25, 0.3) is 0 Å². The van der Waals surface area contributed by atoms with Crippen LogP contribution in [-0.4, -0.2) is 30.4 Å². The van der Waals surface area contributed by atoms with Gasteiger partial charge in [0.15, 0.2) is 0 Å². The molecular formula is C31H29F6NO4. The summed E-state index contributed by atoms with van der Waals surface area (Å²) in [5.74, 6) is -0.499. The first-order valence-electron chi connectivity index (χ1n) is 13.2. The Labute approximate surface area is 239 Å². The molecule has 1 fully saturated rings. The van der Waals surface area contributed by atoms with Gasteiger partial charge < -0.3 is 14.3 Å². The summed E-state index contributed by atoms with van der Waals surface area (Å²) in [6.45, 7) is 1.02. The first kappa shape index (κ1) is 31.1. The lowest BCUT2D eigenvalue weighted by Crippen LogP contribution is -2.57. The summed E-state index contributed by atoms with van der Waals surface area (Å²) >= 11 is 0. The molecule has 0 aliphatic carbocycles. The number of hydrogen-bond donors (Lipinski definition) is 0. The van der Waals surface area contributed by atoms with Crippen LogP contribution < -0.4 is 0 Å². The van der Waals surface area contributed by atoms with Crippen LogP contribution in [0.15, 0.2) is 78.9 Å². The largest absolute Gasteiger partial charge is 0.445 e. The second-order valence-electron chi connectivity index (χ2n) is 10.3. The quantitative estimate of drug-likeness (QED) is 0.197. The van der Waals surface area contributed by atoms with Gasteiger partial charge in [-0.15, -0.1) is 0 Å². The number of amides is 1. The molecule has 1 aliphatic heterocycles. The van der Waals surface area contributed by atoms with Crippen molar-refractivity contribution in [1.82, 2.24) is 4.90 Å². The smallest absolute Gasteiger partial charge is 0.416 e. The number of piperidine rings is 1. The Morgan fingerprint density at radius 1 is 0.952 bits per heavy atom. The fraction of sp³-hybridized carbons (Fsp3) is 0.355. The van der Waals surface area contributed by atoms with Gasteiger partial charge in [-0.05, 0) is 54.7 Å². The van der Waals surface area contributed by atoms with Gasteiger partial charge in [0.1, 0.15) is 12.9 Å². The van der Waals surface area contributed by atoms with Crippen LogP contribution in [-0.2, 0) is 38.8 Å². The zero-order valence-corrected chi connectivity index (χ0v) is 22.6. The molecule has 4 rings (SSSR count). The molecule has 2 unspecified atom stereocenters. The summed E-state index contributed by atoms with van der Waals surface area (Å²) < 4.78 is 92.4. The average Bonchev–Trinajstić information content (AvgIpc) is 2.98. The standard InChI is InChI=1S/C31H29F6NO4/c1-21(24-14-26(30(32,33)34)16-27(15-24)31(35,36)37)42-20-29(25-10-6-3-7-11-25)13-12-23(18-39)17-38(29)28(40)41-19-22-8-4-2-5-9-22/h2-11,14-16,18,21,23H,12-13,17,19-20H2,1H3/t21-,23?,29?/m1/s1. The summed E-state index contributed by atoms with van der Waals surface area (Å²) in [6, 6.07) is 19.0. The predicted molar refractivity (Wildman–Crippen MR) is 141 cm³/mol. The molecule has 1 amide bonds. The number of carbonyl (C=O) groups is 2. The summed E-state index contributed by atoms with van der Waals surface area (Å²) in [6.07, 6.45) is -10.6. The SMILES string of the molecule is C[C@@H](OCC1(c2ccccc2)CCC(C=O)CN1C(=O)OCc1ccccc1)c1cc(C(F)(F)F)cc(C(F)(F)F)c1. The number of alkyl halides is 6. The van der Waals surface area contributed by atoms with Crippen molar-refractivity contribution in [1.29, 1.82) is 0 Å². The normalized spacial score (nSPS) is 20.2. The molecule has 0 radical (unpaired) electrons.